The second-order valence-electron chi connectivity index (χ2n) is 6.70. The van der Waals surface area contributed by atoms with Gasteiger partial charge in [-0.2, -0.15) is 4.99 Å². The van der Waals surface area contributed by atoms with Gasteiger partial charge in [0.1, 0.15) is 0 Å². The van der Waals surface area contributed by atoms with Crippen LogP contribution in [0, 0.1) is 0 Å². The normalized spacial score (nSPS) is 14.8. The van der Waals surface area contributed by atoms with Crippen molar-refractivity contribution in [2.24, 2.45) is 10.7 Å². The fourth-order valence-electron chi connectivity index (χ4n) is 3.19. The number of benzene rings is 2. The summed E-state index contributed by atoms with van der Waals surface area (Å²) in [6, 6.07) is 22.3. The van der Waals surface area contributed by atoms with Crippen LogP contribution in [-0.4, -0.2) is 35.2 Å². The number of rotatable bonds is 4. The third-order valence-electron chi connectivity index (χ3n) is 4.65. The molecule has 29 heavy (non-hydrogen) atoms. The maximum Gasteiger partial charge on any atom is 0.253 e. The highest BCUT2D eigenvalue weighted by Gasteiger charge is 2.14. The number of halogens is 1. The zero-order chi connectivity index (χ0) is 19.2. The standard InChI is InChI=1S/C22H23N5O.ClH/c23-21(24-18-11-13-28-14-12-18)27-22-25-19(16-7-3-1-4-8-16)15-20(26-22)17-9-5-2-6-10-17;/h1-10,15,18H,11-14H2,(H3,23,24,25,26,27);1H. The molecule has 2 heterocycles. The Hall–Kier alpha value is -2.96. The van der Waals surface area contributed by atoms with Crippen molar-refractivity contribution in [3.05, 3.63) is 66.7 Å². The lowest BCUT2D eigenvalue weighted by atomic mass is 10.1. The first-order valence-corrected chi connectivity index (χ1v) is 9.46. The van der Waals surface area contributed by atoms with E-state index in [-0.39, 0.29) is 18.4 Å². The molecule has 0 unspecified atom stereocenters. The van der Waals surface area contributed by atoms with Crippen LogP contribution >= 0.6 is 12.4 Å². The average molecular weight is 410 g/mol. The highest BCUT2D eigenvalue weighted by atomic mass is 35.5. The van der Waals surface area contributed by atoms with E-state index in [9.17, 15) is 0 Å². The molecule has 0 amide bonds. The van der Waals surface area contributed by atoms with E-state index in [4.69, 9.17) is 10.5 Å². The molecule has 7 heteroatoms. The highest BCUT2D eigenvalue weighted by molar-refractivity contribution is 5.85. The highest BCUT2D eigenvalue weighted by Crippen LogP contribution is 2.25. The average Bonchev–Trinajstić information content (AvgIpc) is 2.75. The number of aromatic nitrogens is 2. The molecule has 0 bridgehead atoms. The maximum absolute atomic E-state index is 6.13. The topological polar surface area (TPSA) is 85.4 Å². The molecule has 3 aromatic rings. The predicted octanol–water partition coefficient (Wildman–Crippen LogP) is 3.95. The number of hydrogen-bond donors (Lipinski definition) is 2. The van der Waals surface area contributed by atoms with Crippen molar-refractivity contribution in [1.29, 1.82) is 0 Å². The Morgan fingerprint density at radius 2 is 1.41 bits per heavy atom. The van der Waals surface area contributed by atoms with Gasteiger partial charge in [0.05, 0.1) is 11.4 Å². The quantitative estimate of drug-likeness (QED) is 0.503. The third kappa shape index (κ3) is 5.53. The number of guanidine groups is 1. The molecular formula is C22H24ClN5O. The van der Waals surface area contributed by atoms with Gasteiger partial charge in [0.2, 0.25) is 0 Å². The van der Waals surface area contributed by atoms with E-state index in [1.807, 2.05) is 66.7 Å². The van der Waals surface area contributed by atoms with E-state index < -0.39 is 0 Å². The Labute approximate surface area is 176 Å². The number of nitrogens with two attached hydrogens (primary N) is 1. The van der Waals surface area contributed by atoms with E-state index in [1.54, 1.807) is 0 Å². The summed E-state index contributed by atoms with van der Waals surface area (Å²) in [5.41, 5.74) is 9.77. The van der Waals surface area contributed by atoms with Crippen molar-refractivity contribution in [1.82, 2.24) is 15.3 Å². The molecular weight excluding hydrogens is 386 g/mol. The van der Waals surface area contributed by atoms with Crippen molar-refractivity contribution in [3.63, 3.8) is 0 Å². The summed E-state index contributed by atoms with van der Waals surface area (Å²) in [4.78, 5) is 13.7. The summed E-state index contributed by atoms with van der Waals surface area (Å²) < 4.78 is 5.38. The van der Waals surface area contributed by atoms with Crippen LogP contribution in [0.25, 0.3) is 22.5 Å². The second kappa shape index (κ2) is 10.0. The van der Waals surface area contributed by atoms with Gasteiger partial charge in [-0.05, 0) is 18.9 Å². The van der Waals surface area contributed by atoms with Gasteiger partial charge in [0, 0.05) is 30.4 Å². The van der Waals surface area contributed by atoms with Gasteiger partial charge in [-0.15, -0.1) is 12.4 Å². The monoisotopic (exact) mass is 409 g/mol. The molecule has 150 valence electrons. The van der Waals surface area contributed by atoms with Crippen molar-refractivity contribution < 1.29 is 4.74 Å². The molecule has 1 aliphatic heterocycles. The van der Waals surface area contributed by atoms with Gasteiger partial charge in [-0.3, -0.25) is 0 Å². The lowest BCUT2D eigenvalue weighted by molar-refractivity contribution is 0.0824. The molecule has 1 saturated heterocycles. The van der Waals surface area contributed by atoms with E-state index in [1.165, 1.54) is 0 Å². The first kappa shape index (κ1) is 20.8. The summed E-state index contributed by atoms with van der Waals surface area (Å²) in [6.07, 6.45) is 1.83. The van der Waals surface area contributed by atoms with Gasteiger partial charge in [0.25, 0.3) is 5.95 Å². The zero-order valence-electron chi connectivity index (χ0n) is 16.0. The van der Waals surface area contributed by atoms with Crippen LogP contribution < -0.4 is 11.1 Å². The summed E-state index contributed by atoms with van der Waals surface area (Å²) >= 11 is 0. The smallest absolute Gasteiger partial charge is 0.253 e. The number of hydrogen-bond acceptors (Lipinski definition) is 4. The summed E-state index contributed by atoms with van der Waals surface area (Å²) in [6.45, 7) is 1.48. The summed E-state index contributed by atoms with van der Waals surface area (Å²) in [5, 5.41) is 3.25. The van der Waals surface area contributed by atoms with Crippen LogP contribution in [0.3, 0.4) is 0 Å². The molecule has 0 radical (unpaired) electrons. The molecule has 6 nitrogen and oxygen atoms in total. The fraction of sp³-hybridized carbons (Fsp3) is 0.227. The van der Waals surface area contributed by atoms with Crippen LogP contribution in [0.2, 0.25) is 0 Å². The molecule has 0 aliphatic carbocycles. The maximum atomic E-state index is 6.13. The summed E-state index contributed by atoms with van der Waals surface area (Å²) in [5.74, 6) is 0.674. The third-order valence-corrected chi connectivity index (χ3v) is 4.65. The van der Waals surface area contributed by atoms with E-state index >= 15 is 0 Å². The Morgan fingerprint density at radius 3 is 1.93 bits per heavy atom. The number of aliphatic imine (C=N–C) groups is 1. The first-order valence-electron chi connectivity index (χ1n) is 9.46. The molecule has 0 spiro atoms. The molecule has 4 rings (SSSR count). The molecule has 1 fully saturated rings. The Kier molecular flexibility index (Phi) is 7.16. The van der Waals surface area contributed by atoms with Crippen LogP contribution in [0.4, 0.5) is 5.95 Å². The van der Waals surface area contributed by atoms with Gasteiger partial charge in [-0.1, -0.05) is 60.7 Å². The molecule has 0 saturated carbocycles. The lowest BCUT2D eigenvalue weighted by Gasteiger charge is -2.23. The van der Waals surface area contributed by atoms with Crippen molar-refractivity contribution in [3.8, 4) is 22.5 Å². The minimum absolute atomic E-state index is 0. The molecule has 1 aromatic heterocycles. The molecule has 2 aromatic carbocycles. The molecule has 1 aliphatic rings. The van der Waals surface area contributed by atoms with Crippen LogP contribution in [0.5, 0.6) is 0 Å². The minimum Gasteiger partial charge on any atom is -0.381 e. The van der Waals surface area contributed by atoms with E-state index in [0.717, 1.165) is 48.6 Å². The van der Waals surface area contributed by atoms with Crippen molar-refractivity contribution >= 4 is 24.3 Å². The molecule has 3 N–H and O–H groups in total. The van der Waals surface area contributed by atoms with E-state index in [2.05, 4.69) is 20.3 Å². The largest absolute Gasteiger partial charge is 0.381 e. The Bertz CT molecular complexity index is 886. The van der Waals surface area contributed by atoms with Crippen LogP contribution in [0.15, 0.2) is 71.7 Å². The minimum atomic E-state index is 0. The SMILES string of the molecule is Cl.NC(=Nc1nc(-c2ccccc2)cc(-c2ccccc2)n1)NC1CCOCC1. The van der Waals surface area contributed by atoms with Crippen molar-refractivity contribution in [2.75, 3.05) is 13.2 Å². The van der Waals surface area contributed by atoms with Crippen molar-refractivity contribution in [2.45, 2.75) is 18.9 Å². The lowest BCUT2D eigenvalue weighted by Crippen LogP contribution is -2.42. The Morgan fingerprint density at radius 1 is 0.897 bits per heavy atom. The number of ether oxygens (including phenoxy) is 1. The Balaban J connectivity index is 0.00000240. The van der Waals surface area contributed by atoms with Gasteiger partial charge < -0.3 is 15.8 Å². The zero-order valence-corrected chi connectivity index (χ0v) is 16.8. The van der Waals surface area contributed by atoms with Crippen LogP contribution in [-0.2, 0) is 4.74 Å². The second-order valence-corrected chi connectivity index (χ2v) is 6.70. The van der Waals surface area contributed by atoms with Crippen LogP contribution in [0.1, 0.15) is 12.8 Å². The predicted molar refractivity (Wildman–Crippen MR) is 118 cm³/mol. The summed E-state index contributed by atoms with van der Waals surface area (Å²) in [7, 11) is 0. The fourth-order valence-corrected chi connectivity index (χ4v) is 3.19. The number of nitrogens with one attached hydrogen (secondary N) is 1. The number of nitrogens with zero attached hydrogens (tertiary/aromatic N) is 3. The van der Waals surface area contributed by atoms with E-state index in [0.29, 0.717) is 11.9 Å². The van der Waals surface area contributed by atoms with Gasteiger partial charge in [-0.25, -0.2) is 9.97 Å². The van der Waals surface area contributed by atoms with Gasteiger partial charge in [0.15, 0.2) is 5.96 Å². The van der Waals surface area contributed by atoms with Gasteiger partial charge >= 0.3 is 0 Å². The molecule has 0 atom stereocenters. The first-order chi connectivity index (χ1) is 13.8.